The quantitative estimate of drug-likeness (QED) is 0.155. The maximum absolute atomic E-state index is 14.3. The van der Waals surface area contributed by atoms with Crippen LogP contribution in [0, 0.1) is 5.82 Å². The van der Waals surface area contributed by atoms with E-state index in [1.54, 1.807) is 41.1 Å². The molecule has 40 heavy (non-hydrogen) atoms. The SMILES string of the molecule is CC(=O)Oc1nn(C(C)=O)cc1CCONc1ccnc(-c2cc(-c3ccon3)n(Cc3ccccc3F)n2)n1. The number of halogens is 1. The highest BCUT2D eigenvalue weighted by Gasteiger charge is 2.18. The number of carbonyl (C=O) groups excluding carboxylic acids is 2. The van der Waals surface area contributed by atoms with E-state index in [0.29, 0.717) is 46.3 Å². The normalized spacial score (nSPS) is 11.0. The van der Waals surface area contributed by atoms with Crippen molar-refractivity contribution in [2.45, 2.75) is 26.8 Å². The number of nitrogens with one attached hydrogen (secondary N) is 1. The van der Waals surface area contributed by atoms with E-state index in [0.717, 1.165) is 4.68 Å². The summed E-state index contributed by atoms with van der Waals surface area (Å²) in [6.07, 6.45) is 4.75. The van der Waals surface area contributed by atoms with Crippen molar-refractivity contribution in [3.63, 3.8) is 0 Å². The molecule has 1 N–H and O–H groups in total. The van der Waals surface area contributed by atoms with Crippen molar-refractivity contribution in [1.82, 2.24) is 34.7 Å². The molecular weight excluding hydrogens is 523 g/mol. The van der Waals surface area contributed by atoms with Gasteiger partial charge in [0.2, 0.25) is 11.8 Å². The maximum Gasteiger partial charge on any atom is 0.309 e. The van der Waals surface area contributed by atoms with E-state index in [1.807, 2.05) is 0 Å². The number of esters is 1. The minimum Gasteiger partial charge on any atom is -0.406 e. The molecule has 0 fully saturated rings. The Bertz CT molecular complexity index is 1650. The summed E-state index contributed by atoms with van der Waals surface area (Å²) < 4.78 is 27.1. The Morgan fingerprint density at radius 2 is 1.93 bits per heavy atom. The molecule has 4 aromatic heterocycles. The molecule has 0 spiro atoms. The molecule has 204 valence electrons. The molecule has 0 atom stereocenters. The number of aromatic nitrogens is 7. The zero-order chi connectivity index (χ0) is 28.1. The van der Waals surface area contributed by atoms with Gasteiger partial charge < -0.3 is 9.26 Å². The van der Waals surface area contributed by atoms with Crippen LogP contribution in [-0.4, -0.2) is 53.2 Å². The van der Waals surface area contributed by atoms with E-state index >= 15 is 0 Å². The molecule has 1 aromatic carbocycles. The van der Waals surface area contributed by atoms with Gasteiger partial charge in [0.25, 0.3) is 0 Å². The molecule has 0 radical (unpaired) electrons. The van der Waals surface area contributed by atoms with Gasteiger partial charge >= 0.3 is 5.97 Å². The summed E-state index contributed by atoms with van der Waals surface area (Å²) in [5.74, 6) is -0.522. The lowest BCUT2D eigenvalue weighted by atomic mass is 10.2. The van der Waals surface area contributed by atoms with Gasteiger partial charge in [-0.3, -0.25) is 19.1 Å². The minimum absolute atomic E-state index is 0.0458. The van der Waals surface area contributed by atoms with E-state index in [2.05, 4.69) is 30.8 Å². The summed E-state index contributed by atoms with van der Waals surface area (Å²) in [5.41, 5.74) is 5.28. The first kappa shape index (κ1) is 26.4. The Morgan fingerprint density at radius 1 is 1.07 bits per heavy atom. The Balaban J connectivity index is 1.29. The molecule has 5 aromatic rings. The smallest absolute Gasteiger partial charge is 0.309 e. The first-order chi connectivity index (χ1) is 19.4. The summed E-state index contributed by atoms with van der Waals surface area (Å²) in [4.78, 5) is 37.3. The molecule has 0 saturated heterocycles. The highest BCUT2D eigenvalue weighted by Crippen LogP contribution is 2.25. The standard InChI is InChI=1S/C26H23FN8O5/c1-16(36)34-15-19(26(31-34)40-17(2)37)8-11-39-33-24-7-10-28-25(29-24)22-13-23(21-9-12-38-32-21)35(30-22)14-18-5-3-4-6-20(18)27/h3-7,9-10,12-13,15H,8,11,14H2,1-2H3,(H,28,29,33). The molecule has 14 heteroatoms. The lowest BCUT2D eigenvalue weighted by Crippen LogP contribution is -2.09. The van der Waals surface area contributed by atoms with Gasteiger partial charge in [-0.1, -0.05) is 23.4 Å². The van der Waals surface area contributed by atoms with Crippen molar-refractivity contribution in [3.05, 3.63) is 78.1 Å². The van der Waals surface area contributed by atoms with Gasteiger partial charge in [-0.05, 0) is 12.1 Å². The molecule has 0 bridgehead atoms. The number of rotatable bonds is 10. The largest absolute Gasteiger partial charge is 0.406 e. The second kappa shape index (κ2) is 11.7. The highest BCUT2D eigenvalue weighted by molar-refractivity contribution is 5.76. The first-order valence-corrected chi connectivity index (χ1v) is 12.1. The van der Waals surface area contributed by atoms with Crippen molar-refractivity contribution in [3.8, 4) is 28.8 Å². The fourth-order valence-corrected chi connectivity index (χ4v) is 3.76. The van der Waals surface area contributed by atoms with E-state index in [4.69, 9.17) is 14.1 Å². The fraction of sp³-hybridized carbons (Fsp3) is 0.192. The van der Waals surface area contributed by atoms with Gasteiger partial charge in [-0.2, -0.15) is 5.10 Å². The van der Waals surface area contributed by atoms with Crippen molar-refractivity contribution in [2.24, 2.45) is 0 Å². The topological polar surface area (TPSA) is 152 Å². The summed E-state index contributed by atoms with van der Waals surface area (Å²) in [6.45, 7) is 2.89. The van der Waals surface area contributed by atoms with Crippen LogP contribution in [0.4, 0.5) is 10.2 Å². The number of ether oxygens (including phenoxy) is 1. The van der Waals surface area contributed by atoms with Crippen molar-refractivity contribution >= 4 is 17.7 Å². The van der Waals surface area contributed by atoms with Gasteiger partial charge in [-0.25, -0.2) is 24.5 Å². The molecule has 0 amide bonds. The third-order valence-electron chi connectivity index (χ3n) is 5.61. The maximum atomic E-state index is 14.3. The number of benzene rings is 1. The zero-order valence-corrected chi connectivity index (χ0v) is 21.4. The van der Waals surface area contributed by atoms with Gasteiger partial charge in [-0.15, -0.1) is 5.10 Å². The molecule has 0 unspecified atom stereocenters. The molecule has 13 nitrogen and oxygen atoms in total. The van der Waals surface area contributed by atoms with Crippen LogP contribution in [0.1, 0.15) is 29.8 Å². The lowest BCUT2D eigenvalue weighted by molar-refractivity contribution is -0.132. The summed E-state index contributed by atoms with van der Waals surface area (Å²) >= 11 is 0. The molecule has 0 aliphatic heterocycles. The molecular formula is C26H23FN8O5. The zero-order valence-electron chi connectivity index (χ0n) is 21.4. The van der Waals surface area contributed by atoms with Crippen LogP contribution in [0.25, 0.3) is 22.9 Å². The van der Waals surface area contributed by atoms with Crippen LogP contribution in [0.2, 0.25) is 0 Å². The predicted octanol–water partition coefficient (Wildman–Crippen LogP) is 3.55. The Kier molecular flexibility index (Phi) is 7.68. The lowest BCUT2D eigenvalue weighted by Gasteiger charge is -2.07. The molecule has 5 rings (SSSR count). The van der Waals surface area contributed by atoms with Crippen molar-refractivity contribution < 1.29 is 28.1 Å². The average molecular weight is 547 g/mol. The van der Waals surface area contributed by atoms with Crippen molar-refractivity contribution in [2.75, 3.05) is 12.1 Å². The number of hydrogen-bond acceptors (Lipinski definition) is 11. The van der Waals surface area contributed by atoms with Gasteiger partial charge in [0.15, 0.2) is 11.6 Å². The van der Waals surface area contributed by atoms with Crippen LogP contribution < -0.4 is 10.2 Å². The predicted molar refractivity (Wildman–Crippen MR) is 137 cm³/mol. The third kappa shape index (κ3) is 6.07. The van der Waals surface area contributed by atoms with Gasteiger partial charge in [0, 0.05) is 55.9 Å². The van der Waals surface area contributed by atoms with E-state index in [-0.39, 0.29) is 30.8 Å². The van der Waals surface area contributed by atoms with Crippen molar-refractivity contribution in [1.29, 1.82) is 0 Å². The first-order valence-electron chi connectivity index (χ1n) is 12.1. The molecule has 0 aliphatic rings. The van der Waals surface area contributed by atoms with Crippen LogP contribution in [-0.2, 0) is 22.6 Å². The summed E-state index contributed by atoms with van der Waals surface area (Å²) in [7, 11) is 0. The molecule has 0 aliphatic carbocycles. The summed E-state index contributed by atoms with van der Waals surface area (Å²) in [5, 5.41) is 12.6. The molecule has 4 heterocycles. The van der Waals surface area contributed by atoms with Crippen LogP contribution in [0.5, 0.6) is 5.88 Å². The van der Waals surface area contributed by atoms with Crippen LogP contribution in [0.3, 0.4) is 0 Å². The average Bonchev–Trinajstić information content (AvgIpc) is 3.68. The monoisotopic (exact) mass is 546 g/mol. The van der Waals surface area contributed by atoms with Crippen LogP contribution >= 0.6 is 0 Å². The van der Waals surface area contributed by atoms with Gasteiger partial charge in [0.05, 0.1) is 18.8 Å². The van der Waals surface area contributed by atoms with Gasteiger partial charge in [0.1, 0.15) is 23.5 Å². The minimum atomic E-state index is -0.550. The Morgan fingerprint density at radius 3 is 2.67 bits per heavy atom. The summed E-state index contributed by atoms with van der Waals surface area (Å²) in [6, 6.07) is 11.5. The highest BCUT2D eigenvalue weighted by atomic mass is 19.1. The van der Waals surface area contributed by atoms with Crippen LogP contribution in [0.15, 0.2) is 65.6 Å². The Labute approximate surface area is 226 Å². The Hall–Kier alpha value is -5.24. The number of anilines is 1. The van der Waals surface area contributed by atoms with E-state index in [1.165, 1.54) is 38.6 Å². The fourth-order valence-electron chi connectivity index (χ4n) is 3.76. The number of hydrogen-bond donors (Lipinski definition) is 1. The van der Waals surface area contributed by atoms with E-state index < -0.39 is 5.97 Å². The third-order valence-corrected chi connectivity index (χ3v) is 5.61. The second-order valence-corrected chi connectivity index (χ2v) is 8.53. The number of nitrogens with zero attached hydrogens (tertiary/aromatic N) is 7. The van der Waals surface area contributed by atoms with E-state index in [9.17, 15) is 14.0 Å². The number of carbonyl (C=O) groups is 2. The second-order valence-electron chi connectivity index (χ2n) is 8.53. The molecule has 0 saturated carbocycles.